The Labute approximate surface area is 183 Å². The SMILES string of the molecule is COc1cc(NC(=O)N2CCC(Cn3cnc4cc(C)c(C)cc43)CC2)cc(OC)c1. The predicted molar refractivity (Wildman–Crippen MR) is 122 cm³/mol. The first kappa shape index (κ1) is 21.0. The molecule has 1 fully saturated rings. The Hall–Kier alpha value is -3.22. The van der Waals surface area contributed by atoms with Gasteiger partial charge in [0.1, 0.15) is 11.5 Å². The van der Waals surface area contributed by atoms with Gasteiger partial charge in [-0.25, -0.2) is 9.78 Å². The van der Waals surface area contributed by atoms with Crippen LogP contribution in [0.15, 0.2) is 36.7 Å². The molecule has 1 saturated heterocycles. The molecule has 1 aliphatic heterocycles. The first-order valence-corrected chi connectivity index (χ1v) is 10.7. The van der Waals surface area contributed by atoms with Crippen molar-refractivity contribution in [1.29, 1.82) is 0 Å². The highest BCUT2D eigenvalue weighted by atomic mass is 16.5. The molecule has 2 aromatic carbocycles. The van der Waals surface area contributed by atoms with Gasteiger partial charge in [0.15, 0.2) is 0 Å². The summed E-state index contributed by atoms with van der Waals surface area (Å²) in [6, 6.07) is 9.66. The second kappa shape index (κ2) is 8.88. The Bertz CT molecular complexity index is 1060. The Morgan fingerprint density at radius 2 is 1.68 bits per heavy atom. The molecule has 0 unspecified atom stereocenters. The van der Waals surface area contributed by atoms with Crippen LogP contribution in [-0.4, -0.2) is 47.8 Å². The maximum Gasteiger partial charge on any atom is 0.321 e. The summed E-state index contributed by atoms with van der Waals surface area (Å²) in [5, 5.41) is 2.97. The minimum atomic E-state index is -0.0899. The topological polar surface area (TPSA) is 68.6 Å². The lowest BCUT2D eigenvalue weighted by atomic mass is 9.97. The molecule has 0 spiro atoms. The number of likely N-dealkylation sites (tertiary alicyclic amines) is 1. The summed E-state index contributed by atoms with van der Waals surface area (Å²) < 4.78 is 12.8. The minimum Gasteiger partial charge on any atom is -0.497 e. The number of fused-ring (bicyclic) bond motifs is 1. The van der Waals surface area contributed by atoms with Crippen LogP contribution in [0, 0.1) is 19.8 Å². The van der Waals surface area contributed by atoms with Crippen LogP contribution >= 0.6 is 0 Å². The van der Waals surface area contributed by atoms with E-state index in [0.717, 1.165) is 38.0 Å². The van der Waals surface area contributed by atoms with E-state index in [1.807, 2.05) is 11.2 Å². The molecule has 4 rings (SSSR count). The van der Waals surface area contributed by atoms with Crippen molar-refractivity contribution >= 4 is 22.8 Å². The summed E-state index contributed by atoms with van der Waals surface area (Å²) in [6.45, 7) is 6.67. The van der Waals surface area contributed by atoms with Crippen LogP contribution in [0.1, 0.15) is 24.0 Å². The van der Waals surface area contributed by atoms with Crippen LogP contribution in [0.5, 0.6) is 11.5 Å². The molecule has 0 atom stereocenters. The van der Waals surface area contributed by atoms with Gasteiger partial charge in [0.25, 0.3) is 0 Å². The Morgan fingerprint density at radius 3 is 2.32 bits per heavy atom. The van der Waals surface area contributed by atoms with Gasteiger partial charge in [-0.15, -0.1) is 0 Å². The van der Waals surface area contributed by atoms with Gasteiger partial charge in [-0.05, 0) is 55.9 Å². The molecular formula is C24H30N4O3. The standard InChI is InChI=1S/C24H30N4O3/c1-16-9-22-23(10-17(16)2)28(15-25-22)14-18-5-7-27(8-6-18)24(29)26-19-11-20(30-3)13-21(12-19)31-4/h9-13,15,18H,5-8,14H2,1-4H3,(H,26,29). The second-order valence-electron chi connectivity index (χ2n) is 8.28. The van der Waals surface area contributed by atoms with Crippen LogP contribution < -0.4 is 14.8 Å². The molecule has 2 amide bonds. The normalized spacial score (nSPS) is 14.6. The zero-order valence-corrected chi connectivity index (χ0v) is 18.6. The van der Waals surface area contributed by atoms with E-state index in [1.54, 1.807) is 32.4 Å². The van der Waals surface area contributed by atoms with Gasteiger partial charge in [0, 0.05) is 43.5 Å². The summed E-state index contributed by atoms with van der Waals surface area (Å²) in [5.41, 5.74) is 5.46. The molecule has 3 aromatic rings. The zero-order valence-electron chi connectivity index (χ0n) is 18.6. The molecule has 164 valence electrons. The van der Waals surface area contributed by atoms with Gasteiger partial charge in [0.05, 0.1) is 31.6 Å². The molecular weight excluding hydrogens is 392 g/mol. The van der Waals surface area contributed by atoms with Gasteiger partial charge in [-0.2, -0.15) is 0 Å². The smallest absolute Gasteiger partial charge is 0.321 e. The van der Waals surface area contributed by atoms with Crippen LogP contribution in [0.4, 0.5) is 10.5 Å². The number of imidazole rings is 1. The molecule has 2 heterocycles. The largest absolute Gasteiger partial charge is 0.497 e. The summed E-state index contributed by atoms with van der Waals surface area (Å²) in [7, 11) is 3.19. The fourth-order valence-electron chi connectivity index (χ4n) is 4.14. The second-order valence-corrected chi connectivity index (χ2v) is 8.28. The summed E-state index contributed by atoms with van der Waals surface area (Å²) in [6.07, 6.45) is 3.89. The summed E-state index contributed by atoms with van der Waals surface area (Å²) in [5.74, 6) is 1.82. The van der Waals surface area contributed by atoms with Crippen molar-refractivity contribution in [3.05, 3.63) is 47.8 Å². The highest BCUT2D eigenvalue weighted by Crippen LogP contribution is 2.27. The number of carbonyl (C=O) groups is 1. The van der Waals surface area contributed by atoms with Crippen molar-refractivity contribution in [2.75, 3.05) is 32.6 Å². The number of nitrogens with one attached hydrogen (secondary N) is 1. The number of methoxy groups -OCH3 is 2. The average Bonchev–Trinajstić information content (AvgIpc) is 3.15. The number of ether oxygens (including phenoxy) is 2. The molecule has 1 N–H and O–H groups in total. The molecule has 0 aliphatic carbocycles. The fourth-order valence-corrected chi connectivity index (χ4v) is 4.14. The minimum absolute atomic E-state index is 0.0899. The number of amides is 2. The number of hydrogen-bond donors (Lipinski definition) is 1. The van der Waals surface area contributed by atoms with Crippen molar-refractivity contribution in [2.24, 2.45) is 5.92 Å². The number of benzene rings is 2. The highest BCUT2D eigenvalue weighted by molar-refractivity contribution is 5.90. The van der Waals surface area contributed by atoms with E-state index in [-0.39, 0.29) is 6.03 Å². The van der Waals surface area contributed by atoms with E-state index < -0.39 is 0 Å². The lowest BCUT2D eigenvalue weighted by Gasteiger charge is -2.32. The van der Waals surface area contributed by atoms with Crippen LogP contribution in [0.3, 0.4) is 0 Å². The van der Waals surface area contributed by atoms with Gasteiger partial charge in [0.2, 0.25) is 0 Å². The summed E-state index contributed by atoms with van der Waals surface area (Å²) >= 11 is 0. The first-order chi connectivity index (χ1) is 15.0. The molecule has 0 bridgehead atoms. The van der Waals surface area contributed by atoms with E-state index in [9.17, 15) is 4.79 Å². The van der Waals surface area contributed by atoms with Gasteiger partial charge < -0.3 is 24.3 Å². The number of hydrogen-bond acceptors (Lipinski definition) is 4. The molecule has 7 nitrogen and oxygen atoms in total. The molecule has 0 saturated carbocycles. The van der Waals surface area contributed by atoms with Crippen LogP contribution in [0.25, 0.3) is 11.0 Å². The lowest BCUT2D eigenvalue weighted by molar-refractivity contribution is 0.177. The molecule has 7 heteroatoms. The Morgan fingerprint density at radius 1 is 1.03 bits per heavy atom. The number of nitrogens with zero attached hydrogens (tertiary/aromatic N) is 3. The fraction of sp³-hybridized carbons (Fsp3) is 0.417. The van der Waals surface area contributed by atoms with E-state index in [1.165, 1.54) is 16.6 Å². The van der Waals surface area contributed by atoms with Crippen molar-refractivity contribution < 1.29 is 14.3 Å². The van der Waals surface area contributed by atoms with Crippen molar-refractivity contribution in [3.8, 4) is 11.5 Å². The van der Waals surface area contributed by atoms with Crippen LogP contribution in [0.2, 0.25) is 0 Å². The lowest BCUT2D eigenvalue weighted by Crippen LogP contribution is -2.41. The van der Waals surface area contributed by atoms with E-state index in [2.05, 4.69) is 40.8 Å². The number of piperidine rings is 1. The van der Waals surface area contributed by atoms with Gasteiger partial charge >= 0.3 is 6.03 Å². The maximum atomic E-state index is 12.8. The predicted octanol–water partition coefficient (Wildman–Crippen LogP) is 4.61. The van der Waals surface area contributed by atoms with Gasteiger partial charge in [-0.3, -0.25) is 0 Å². The monoisotopic (exact) mass is 422 g/mol. The Kier molecular flexibility index (Phi) is 6.02. The summed E-state index contributed by atoms with van der Waals surface area (Å²) in [4.78, 5) is 19.2. The number of rotatable bonds is 5. The molecule has 1 aliphatic rings. The van der Waals surface area contributed by atoms with E-state index in [0.29, 0.717) is 23.1 Å². The number of urea groups is 1. The van der Waals surface area contributed by atoms with Crippen molar-refractivity contribution in [2.45, 2.75) is 33.2 Å². The first-order valence-electron chi connectivity index (χ1n) is 10.7. The number of aromatic nitrogens is 2. The molecule has 0 radical (unpaired) electrons. The maximum absolute atomic E-state index is 12.8. The highest BCUT2D eigenvalue weighted by Gasteiger charge is 2.24. The Balaban J connectivity index is 1.36. The van der Waals surface area contributed by atoms with E-state index in [4.69, 9.17) is 9.47 Å². The molecule has 1 aromatic heterocycles. The average molecular weight is 423 g/mol. The van der Waals surface area contributed by atoms with Gasteiger partial charge in [-0.1, -0.05) is 0 Å². The number of carbonyl (C=O) groups excluding carboxylic acids is 1. The third kappa shape index (κ3) is 4.60. The number of anilines is 1. The number of aryl methyl sites for hydroxylation is 2. The third-order valence-electron chi connectivity index (χ3n) is 6.20. The third-order valence-corrected chi connectivity index (χ3v) is 6.20. The van der Waals surface area contributed by atoms with E-state index >= 15 is 0 Å². The molecule has 31 heavy (non-hydrogen) atoms. The van der Waals surface area contributed by atoms with Crippen molar-refractivity contribution in [1.82, 2.24) is 14.5 Å². The zero-order chi connectivity index (χ0) is 22.0. The van der Waals surface area contributed by atoms with Crippen molar-refractivity contribution in [3.63, 3.8) is 0 Å². The quantitative estimate of drug-likeness (QED) is 0.652. The van der Waals surface area contributed by atoms with Crippen LogP contribution in [-0.2, 0) is 6.54 Å².